The van der Waals surface area contributed by atoms with Crippen LogP contribution in [0.4, 0.5) is 0 Å². The second kappa shape index (κ2) is 8.66. The molecule has 0 aliphatic carbocycles. The van der Waals surface area contributed by atoms with Gasteiger partial charge in [0.15, 0.2) is 0 Å². The number of carbonyl (C=O) groups is 1. The highest BCUT2D eigenvalue weighted by Crippen LogP contribution is 2.29. The number of aromatic nitrogens is 2. The summed E-state index contributed by atoms with van der Waals surface area (Å²) in [7, 11) is -3.63. The second-order valence-corrected chi connectivity index (χ2v) is 10.8. The summed E-state index contributed by atoms with van der Waals surface area (Å²) < 4.78 is 27.9. The molecular weight excluding hydrogens is 456 g/mol. The summed E-state index contributed by atoms with van der Waals surface area (Å²) >= 11 is 1.36. The Morgan fingerprint density at radius 2 is 1.64 bits per heavy atom. The quantitative estimate of drug-likeness (QED) is 0.445. The van der Waals surface area contributed by atoms with E-state index in [9.17, 15) is 13.2 Å². The van der Waals surface area contributed by atoms with Crippen LogP contribution in [0.3, 0.4) is 0 Å². The molecule has 4 aromatic rings. The molecule has 3 heterocycles. The normalized spacial score (nSPS) is 15.1. The average molecular weight is 479 g/mol. The summed E-state index contributed by atoms with van der Waals surface area (Å²) in [6, 6.07) is 16.6. The molecule has 0 radical (unpaired) electrons. The van der Waals surface area contributed by atoms with E-state index in [0.717, 1.165) is 21.3 Å². The molecule has 0 unspecified atom stereocenters. The third kappa shape index (κ3) is 4.15. The van der Waals surface area contributed by atoms with Crippen molar-refractivity contribution in [2.24, 2.45) is 0 Å². The number of fused-ring (bicyclic) bond motifs is 1. The predicted octanol–water partition coefficient (Wildman–Crippen LogP) is 3.81. The van der Waals surface area contributed by atoms with Crippen molar-refractivity contribution in [2.75, 3.05) is 26.2 Å². The van der Waals surface area contributed by atoms with Gasteiger partial charge in [0.1, 0.15) is 9.88 Å². The van der Waals surface area contributed by atoms with Crippen LogP contribution in [-0.2, 0) is 10.0 Å². The number of hydrogen-bond acceptors (Lipinski definition) is 6. The molecule has 0 spiro atoms. The smallest absolute Gasteiger partial charge is 0.265 e. The van der Waals surface area contributed by atoms with Gasteiger partial charge in [0, 0.05) is 44.1 Å². The Bertz CT molecular complexity index is 1430. The molecule has 168 valence electrons. The van der Waals surface area contributed by atoms with Crippen molar-refractivity contribution in [3.63, 3.8) is 0 Å². The van der Waals surface area contributed by atoms with E-state index >= 15 is 0 Å². The first kappa shape index (κ1) is 21.7. The van der Waals surface area contributed by atoms with Crippen molar-refractivity contribution in [1.82, 2.24) is 19.2 Å². The Hall–Kier alpha value is -3.14. The molecule has 0 bridgehead atoms. The number of carbonyl (C=O) groups excluding carboxylic acids is 1. The number of amides is 1. The van der Waals surface area contributed by atoms with Crippen molar-refractivity contribution in [3.8, 4) is 10.6 Å². The number of hydrogen-bond donors (Lipinski definition) is 0. The van der Waals surface area contributed by atoms with Crippen molar-refractivity contribution in [2.45, 2.75) is 11.8 Å². The number of piperazine rings is 1. The fourth-order valence-corrected chi connectivity index (χ4v) is 6.46. The molecule has 0 atom stereocenters. The zero-order chi connectivity index (χ0) is 23.0. The third-order valence-corrected chi connectivity index (χ3v) is 8.89. The first-order valence-corrected chi connectivity index (χ1v) is 12.9. The molecule has 33 heavy (non-hydrogen) atoms. The molecule has 1 saturated heterocycles. The maximum absolute atomic E-state index is 13.2. The Kier molecular flexibility index (Phi) is 5.69. The largest absolute Gasteiger partial charge is 0.335 e. The molecule has 1 aliphatic rings. The topological polar surface area (TPSA) is 83.5 Å². The minimum atomic E-state index is -3.63. The van der Waals surface area contributed by atoms with Crippen LogP contribution in [0.5, 0.6) is 0 Å². The van der Waals surface area contributed by atoms with Gasteiger partial charge >= 0.3 is 0 Å². The molecule has 7 nitrogen and oxygen atoms in total. The molecule has 9 heteroatoms. The zero-order valence-electron chi connectivity index (χ0n) is 18.0. The van der Waals surface area contributed by atoms with E-state index in [4.69, 9.17) is 0 Å². The lowest BCUT2D eigenvalue weighted by molar-refractivity contribution is 0.0702. The monoisotopic (exact) mass is 478 g/mol. The van der Waals surface area contributed by atoms with E-state index in [-0.39, 0.29) is 23.9 Å². The standard InChI is InChI=1S/C24H22N4O3S2/c1-17-22(32-23(26-17)19-8-10-25-11-9-19)24(29)27-12-14-28(15-13-27)33(30,31)21-7-6-18-4-2-3-5-20(18)16-21/h2-11,16H,12-15H2,1H3. The fourth-order valence-electron chi connectivity index (χ4n) is 3.96. The highest BCUT2D eigenvalue weighted by Gasteiger charge is 2.31. The first-order valence-electron chi connectivity index (χ1n) is 10.6. The first-order chi connectivity index (χ1) is 15.9. The van der Waals surface area contributed by atoms with Crippen molar-refractivity contribution in [3.05, 3.63) is 77.6 Å². The van der Waals surface area contributed by atoms with Crippen LogP contribution < -0.4 is 0 Å². The lowest BCUT2D eigenvalue weighted by Gasteiger charge is -2.33. The minimum absolute atomic E-state index is 0.104. The molecule has 2 aromatic heterocycles. The molecule has 0 saturated carbocycles. The van der Waals surface area contributed by atoms with Gasteiger partial charge in [-0.3, -0.25) is 9.78 Å². The fraction of sp³-hybridized carbons (Fsp3) is 0.208. The highest BCUT2D eigenvalue weighted by atomic mass is 32.2. The Labute approximate surface area is 196 Å². The number of benzene rings is 2. The summed E-state index contributed by atoms with van der Waals surface area (Å²) in [5, 5.41) is 2.66. The molecule has 1 aliphatic heterocycles. The van der Waals surface area contributed by atoms with Crippen LogP contribution in [0.2, 0.25) is 0 Å². The van der Waals surface area contributed by atoms with E-state index in [1.165, 1.54) is 15.6 Å². The summed E-state index contributed by atoms with van der Waals surface area (Å²) in [4.78, 5) is 24.3. The van der Waals surface area contributed by atoms with Gasteiger partial charge in [-0.2, -0.15) is 4.31 Å². The van der Waals surface area contributed by atoms with Gasteiger partial charge in [-0.05, 0) is 42.0 Å². The lowest BCUT2D eigenvalue weighted by atomic mass is 10.1. The van der Waals surface area contributed by atoms with Crippen LogP contribution >= 0.6 is 11.3 Å². The number of thiazole rings is 1. The number of sulfonamides is 1. The molecular formula is C24H22N4O3S2. The van der Waals surface area contributed by atoms with Crippen molar-refractivity contribution < 1.29 is 13.2 Å². The summed E-state index contributed by atoms with van der Waals surface area (Å²) in [6.45, 7) is 3.03. The van der Waals surface area contributed by atoms with Crippen LogP contribution in [0.1, 0.15) is 15.4 Å². The number of nitrogens with zero attached hydrogens (tertiary/aromatic N) is 4. The zero-order valence-corrected chi connectivity index (χ0v) is 19.6. The highest BCUT2D eigenvalue weighted by molar-refractivity contribution is 7.89. The summed E-state index contributed by atoms with van der Waals surface area (Å²) in [5.74, 6) is -0.104. The van der Waals surface area contributed by atoms with Gasteiger partial charge in [-0.1, -0.05) is 30.3 Å². The average Bonchev–Trinajstić information content (AvgIpc) is 3.25. The maximum Gasteiger partial charge on any atom is 0.265 e. The van der Waals surface area contributed by atoms with E-state index < -0.39 is 10.0 Å². The molecule has 2 aromatic carbocycles. The molecule has 5 rings (SSSR count). The van der Waals surface area contributed by atoms with E-state index in [0.29, 0.717) is 23.7 Å². The predicted molar refractivity (Wildman–Crippen MR) is 129 cm³/mol. The van der Waals surface area contributed by atoms with Crippen LogP contribution in [0, 0.1) is 6.92 Å². The third-order valence-electron chi connectivity index (χ3n) is 5.80. The Balaban J connectivity index is 1.30. The van der Waals surface area contributed by atoms with Crippen LogP contribution in [-0.4, -0.2) is 59.7 Å². The van der Waals surface area contributed by atoms with Gasteiger partial charge in [-0.15, -0.1) is 11.3 Å². The molecule has 0 N–H and O–H groups in total. The maximum atomic E-state index is 13.2. The Morgan fingerprint density at radius 3 is 2.36 bits per heavy atom. The van der Waals surface area contributed by atoms with Gasteiger partial charge in [-0.25, -0.2) is 13.4 Å². The summed E-state index contributed by atoms with van der Waals surface area (Å²) in [5.41, 5.74) is 1.60. The number of pyridine rings is 1. The van der Waals surface area contributed by atoms with Gasteiger partial charge in [0.2, 0.25) is 10.0 Å². The van der Waals surface area contributed by atoms with E-state index in [1.807, 2.05) is 49.4 Å². The van der Waals surface area contributed by atoms with E-state index in [1.54, 1.807) is 29.4 Å². The van der Waals surface area contributed by atoms with Gasteiger partial charge in [0.05, 0.1) is 10.6 Å². The lowest BCUT2D eigenvalue weighted by Crippen LogP contribution is -2.50. The Morgan fingerprint density at radius 1 is 0.939 bits per heavy atom. The summed E-state index contributed by atoms with van der Waals surface area (Å²) in [6.07, 6.45) is 3.39. The SMILES string of the molecule is Cc1nc(-c2ccncc2)sc1C(=O)N1CCN(S(=O)(=O)c2ccc3ccccc3c2)CC1. The van der Waals surface area contributed by atoms with Gasteiger partial charge in [0.25, 0.3) is 5.91 Å². The molecule has 1 amide bonds. The van der Waals surface area contributed by atoms with Crippen molar-refractivity contribution in [1.29, 1.82) is 0 Å². The second-order valence-electron chi connectivity index (χ2n) is 7.87. The van der Waals surface area contributed by atoms with Crippen molar-refractivity contribution >= 4 is 38.0 Å². The number of aryl methyl sites for hydroxylation is 1. The van der Waals surface area contributed by atoms with Crippen LogP contribution in [0.25, 0.3) is 21.3 Å². The minimum Gasteiger partial charge on any atom is -0.335 e. The van der Waals surface area contributed by atoms with Crippen LogP contribution in [0.15, 0.2) is 71.9 Å². The molecule has 1 fully saturated rings. The van der Waals surface area contributed by atoms with Gasteiger partial charge < -0.3 is 4.90 Å². The van der Waals surface area contributed by atoms with E-state index in [2.05, 4.69) is 9.97 Å². The number of rotatable bonds is 4.